The molecule has 2 fully saturated rings. The first kappa shape index (κ1) is 30.3. The molecule has 8 nitrogen and oxygen atoms in total. The van der Waals surface area contributed by atoms with Crippen molar-refractivity contribution in [1.82, 2.24) is 14.5 Å². The van der Waals surface area contributed by atoms with Crippen LogP contribution < -0.4 is 5.32 Å². The molecule has 2 atom stereocenters. The number of likely N-dealkylation sites (tertiary alicyclic amines) is 1. The van der Waals surface area contributed by atoms with E-state index in [1.807, 2.05) is 6.07 Å². The Morgan fingerprint density at radius 2 is 1.71 bits per heavy atom. The first-order chi connectivity index (χ1) is 19.1. The molecule has 2 aliphatic heterocycles. The zero-order valence-electron chi connectivity index (χ0n) is 21.2. The third-order valence-corrected chi connectivity index (χ3v) is 8.79. The molecule has 2 aromatic rings. The average Bonchev–Trinajstić information content (AvgIpc) is 3.36. The Labute approximate surface area is 231 Å². The number of hydrogen-bond acceptors (Lipinski definition) is 5. The van der Waals surface area contributed by atoms with Crippen molar-refractivity contribution in [2.24, 2.45) is 5.92 Å². The van der Waals surface area contributed by atoms with Gasteiger partial charge in [-0.05, 0) is 48.7 Å². The maximum absolute atomic E-state index is 13.3. The summed E-state index contributed by atoms with van der Waals surface area (Å²) in [5.74, 6) is -2.06. The van der Waals surface area contributed by atoms with Crippen LogP contribution in [-0.2, 0) is 21.0 Å². The zero-order valence-corrected chi connectivity index (χ0v) is 22.1. The van der Waals surface area contributed by atoms with E-state index in [4.69, 9.17) is 5.26 Å². The number of benzene rings is 2. The van der Waals surface area contributed by atoms with Crippen LogP contribution in [0.2, 0.25) is 0 Å². The molecule has 2 heterocycles. The molecule has 0 saturated carbocycles. The molecule has 2 saturated heterocycles. The number of nitrogens with zero attached hydrogens (tertiary/aromatic N) is 3. The second-order valence-electron chi connectivity index (χ2n) is 9.83. The van der Waals surface area contributed by atoms with Crippen LogP contribution in [-0.4, -0.2) is 61.3 Å². The Kier molecular flexibility index (Phi) is 8.38. The highest BCUT2D eigenvalue weighted by molar-refractivity contribution is 7.89. The van der Waals surface area contributed by atoms with Gasteiger partial charge >= 0.3 is 12.4 Å². The number of halogens is 6. The van der Waals surface area contributed by atoms with Crippen molar-refractivity contribution >= 4 is 21.8 Å². The Morgan fingerprint density at radius 1 is 1.05 bits per heavy atom. The number of carbonyl (C=O) groups is 2. The standard InChI is InChI=1S/C26H24F6N4O4S/c27-25(28,29)12-21(17-6-8-19(9-7-17)26(30,31)32)34-23(37)22-5-2-10-36(22)24(38)18-3-1-4-20(11-18)41(39,40)35-14-16(13-33)15-35/h1,3-4,6-9,11,16,21-22H,2,5,10,12,14-15H2,(H,34,37)/t21-,22-/m1/s1. The summed E-state index contributed by atoms with van der Waals surface area (Å²) in [5.41, 5.74) is -1.31. The molecular formula is C26H24F6N4O4S. The fraction of sp³-hybridized carbons (Fsp3) is 0.423. The lowest BCUT2D eigenvalue weighted by Gasteiger charge is -2.34. The molecule has 0 bridgehead atoms. The van der Waals surface area contributed by atoms with Crippen molar-refractivity contribution in [2.45, 2.75) is 48.6 Å². The lowest BCUT2D eigenvalue weighted by atomic mass is 10.0. The van der Waals surface area contributed by atoms with E-state index < -0.39 is 64.2 Å². The van der Waals surface area contributed by atoms with Crippen molar-refractivity contribution < 1.29 is 44.3 Å². The van der Waals surface area contributed by atoms with Crippen molar-refractivity contribution in [1.29, 1.82) is 5.26 Å². The third kappa shape index (κ3) is 6.82. The molecule has 220 valence electrons. The summed E-state index contributed by atoms with van der Waals surface area (Å²) >= 11 is 0. The van der Waals surface area contributed by atoms with E-state index in [2.05, 4.69) is 5.32 Å². The molecule has 15 heteroatoms. The summed E-state index contributed by atoms with van der Waals surface area (Å²) in [5, 5.41) is 11.2. The van der Waals surface area contributed by atoms with Crippen LogP contribution in [0.1, 0.15) is 46.8 Å². The van der Waals surface area contributed by atoms with Gasteiger partial charge in [0.15, 0.2) is 0 Å². The van der Waals surface area contributed by atoms with Crippen LogP contribution in [0.15, 0.2) is 53.4 Å². The Bertz CT molecular complexity index is 1450. The molecule has 4 rings (SSSR count). The number of nitriles is 1. The van der Waals surface area contributed by atoms with Gasteiger partial charge in [-0.15, -0.1) is 0 Å². The van der Waals surface area contributed by atoms with Gasteiger partial charge in [0.25, 0.3) is 5.91 Å². The molecule has 2 amide bonds. The predicted octanol–water partition coefficient (Wildman–Crippen LogP) is 4.26. The van der Waals surface area contributed by atoms with Gasteiger partial charge in [0.2, 0.25) is 15.9 Å². The second-order valence-corrected chi connectivity index (χ2v) is 11.8. The topological polar surface area (TPSA) is 111 Å². The highest BCUT2D eigenvalue weighted by Gasteiger charge is 2.40. The van der Waals surface area contributed by atoms with E-state index in [-0.39, 0.29) is 42.1 Å². The summed E-state index contributed by atoms with van der Waals surface area (Å²) in [6.07, 6.45) is -10.5. The fourth-order valence-corrected chi connectivity index (χ4v) is 6.34. The van der Waals surface area contributed by atoms with Gasteiger partial charge in [-0.2, -0.15) is 35.9 Å². The van der Waals surface area contributed by atoms with Gasteiger partial charge in [-0.25, -0.2) is 8.42 Å². The van der Waals surface area contributed by atoms with Crippen LogP contribution in [0.5, 0.6) is 0 Å². The molecule has 0 aromatic heterocycles. The fourth-order valence-electron chi connectivity index (χ4n) is 4.76. The Morgan fingerprint density at radius 3 is 2.29 bits per heavy atom. The highest BCUT2D eigenvalue weighted by atomic mass is 32.2. The number of carbonyl (C=O) groups excluding carboxylic acids is 2. The number of hydrogen-bond donors (Lipinski definition) is 1. The molecule has 2 aliphatic rings. The number of sulfonamides is 1. The van der Waals surface area contributed by atoms with Crippen LogP contribution in [0, 0.1) is 17.2 Å². The summed E-state index contributed by atoms with van der Waals surface area (Å²) in [6.45, 7) is 0.112. The molecule has 0 spiro atoms. The minimum Gasteiger partial charge on any atom is -0.347 e. The van der Waals surface area contributed by atoms with Crippen LogP contribution >= 0.6 is 0 Å². The number of rotatable bonds is 7. The zero-order chi connectivity index (χ0) is 30.2. The molecular weight excluding hydrogens is 578 g/mol. The smallest absolute Gasteiger partial charge is 0.347 e. The largest absolute Gasteiger partial charge is 0.416 e. The van der Waals surface area contributed by atoms with E-state index in [9.17, 15) is 44.3 Å². The van der Waals surface area contributed by atoms with Gasteiger partial charge in [0.05, 0.1) is 34.9 Å². The Hall–Kier alpha value is -3.64. The maximum atomic E-state index is 13.3. The third-order valence-electron chi connectivity index (χ3n) is 6.96. The molecule has 41 heavy (non-hydrogen) atoms. The minimum atomic E-state index is -4.76. The Balaban J connectivity index is 1.52. The molecule has 0 aliphatic carbocycles. The van der Waals surface area contributed by atoms with Gasteiger partial charge in [0, 0.05) is 25.2 Å². The quantitative estimate of drug-likeness (QED) is 0.477. The summed E-state index contributed by atoms with van der Waals surface area (Å²) in [7, 11) is -3.98. The van der Waals surface area contributed by atoms with E-state index in [1.165, 1.54) is 18.2 Å². The first-order valence-electron chi connectivity index (χ1n) is 12.5. The van der Waals surface area contributed by atoms with Gasteiger partial charge < -0.3 is 10.2 Å². The number of alkyl halides is 6. The maximum Gasteiger partial charge on any atom is 0.416 e. The van der Waals surface area contributed by atoms with Crippen molar-refractivity contribution in [3.8, 4) is 6.07 Å². The van der Waals surface area contributed by atoms with Crippen molar-refractivity contribution in [3.63, 3.8) is 0 Å². The van der Waals surface area contributed by atoms with Gasteiger partial charge in [0.1, 0.15) is 6.04 Å². The van der Waals surface area contributed by atoms with E-state index >= 15 is 0 Å². The summed E-state index contributed by atoms with van der Waals surface area (Å²) in [4.78, 5) is 27.4. The van der Waals surface area contributed by atoms with Crippen molar-refractivity contribution in [3.05, 3.63) is 65.2 Å². The van der Waals surface area contributed by atoms with E-state index in [1.54, 1.807) is 0 Å². The summed E-state index contributed by atoms with van der Waals surface area (Å²) in [6, 6.07) is 7.16. The normalized spacial score (nSPS) is 19.3. The molecule has 1 N–H and O–H groups in total. The van der Waals surface area contributed by atoms with Gasteiger partial charge in [-0.3, -0.25) is 9.59 Å². The monoisotopic (exact) mass is 602 g/mol. The molecule has 0 radical (unpaired) electrons. The highest BCUT2D eigenvalue weighted by Crippen LogP contribution is 2.34. The number of nitrogens with one attached hydrogen (secondary N) is 1. The lowest BCUT2D eigenvalue weighted by molar-refractivity contribution is -0.144. The molecule has 2 aromatic carbocycles. The van der Waals surface area contributed by atoms with Crippen LogP contribution in [0.25, 0.3) is 0 Å². The van der Waals surface area contributed by atoms with Gasteiger partial charge in [-0.1, -0.05) is 18.2 Å². The number of amides is 2. The average molecular weight is 603 g/mol. The predicted molar refractivity (Wildman–Crippen MR) is 131 cm³/mol. The second kappa shape index (κ2) is 11.3. The minimum absolute atomic E-state index is 0.0173. The SMILES string of the molecule is N#CC1CN(S(=O)(=O)c2cccc(C(=O)N3CCC[C@@H]3C(=O)N[C@H](CC(F)(F)F)c3ccc(C(F)(F)F)cc3)c2)C1. The summed E-state index contributed by atoms with van der Waals surface area (Å²) < 4.78 is 105. The van der Waals surface area contributed by atoms with E-state index in [0.29, 0.717) is 18.6 Å². The first-order valence-corrected chi connectivity index (χ1v) is 13.9. The van der Waals surface area contributed by atoms with Crippen molar-refractivity contribution in [2.75, 3.05) is 19.6 Å². The molecule has 0 unspecified atom stereocenters. The van der Waals surface area contributed by atoms with Crippen LogP contribution in [0.4, 0.5) is 26.3 Å². The van der Waals surface area contributed by atoms with Crippen LogP contribution in [0.3, 0.4) is 0 Å². The van der Waals surface area contributed by atoms with E-state index in [0.717, 1.165) is 27.4 Å². The lowest BCUT2D eigenvalue weighted by Crippen LogP contribution is -2.49.